The van der Waals surface area contributed by atoms with E-state index in [4.69, 9.17) is 4.42 Å². The SMILES string of the molecule is CCCCC(=O)N/N=C\c1ccc(Sc2nc3ccccc3[nH]2)o1. The van der Waals surface area contributed by atoms with Gasteiger partial charge >= 0.3 is 0 Å². The maximum atomic E-state index is 11.5. The number of nitrogens with zero attached hydrogens (tertiary/aromatic N) is 2. The van der Waals surface area contributed by atoms with Gasteiger partial charge in [0.2, 0.25) is 5.91 Å². The van der Waals surface area contributed by atoms with Crippen molar-refractivity contribution in [2.75, 3.05) is 0 Å². The molecule has 0 aliphatic carbocycles. The molecule has 0 radical (unpaired) electrons. The summed E-state index contributed by atoms with van der Waals surface area (Å²) in [5, 5.41) is 5.37. The first-order chi connectivity index (χ1) is 11.7. The molecule has 2 aromatic heterocycles. The number of rotatable bonds is 7. The Morgan fingerprint density at radius 2 is 2.25 bits per heavy atom. The summed E-state index contributed by atoms with van der Waals surface area (Å²) < 4.78 is 5.65. The zero-order valence-corrected chi connectivity index (χ0v) is 14.1. The lowest BCUT2D eigenvalue weighted by Gasteiger charge is -1.96. The van der Waals surface area contributed by atoms with Gasteiger partial charge in [-0.15, -0.1) is 0 Å². The van der Waals surface area contributed by atoms with Crippen molar-refractivity contribution in [2.45, 2.75) is 36.4 Å². The van der Waals surface area contributed by atoms with Crippen LogP contribution in [0.5, 0.6) is 0 Å². The van der Waals surface area contributed by atoms with Crippen LogP contribution in [0, 0.1) is 0 Å². The predicted octanol–water partition coefficient (Wildman–Crippen LogP) is 3.95. The fraction of sp³-hybridized carbons (Fsp3) is 0.235. The molecule has 0 aliphatic rings. The molecule has 124 valence electrons. The summed E-state index contributed by atoms with van der Waals surface area (Å²) in [5.41, 5.74) is 4.40. The van der Waals surface area contributed by atoms with Crippen LogP contribution in [0.2, 0.25) is 0 Å². The topological polar surface area (TPSA) is 83.3 Å². The number of unbranched alkanes of at least 4 members (excludes halogenated alkanes) is 1. The highest BCUT2D eigenvalue weighted by Gasteiger charge is 2.07. The second-order valence-corrected chi connectivity index (χ2v) is 6.21. The molecule has 0 atom stereocenters. The number of H-pyrrole nitrogens is 1. The van der Waals surface area contributed by atoms with Crippen LogP contribution >= 0.6 is 11.8 Å². The summed E-state index contributed by atoms with van der Waals surface area (Å²) in [7, 11) is 0. The van der Waals surface area contributed by atoms with Gasteiger partial charge in [-0.3, -0.25) is 4.79 Å². The molecular formula is C17H18N4O2S. The number of hydrogen-bond acceptors (Lipinski definition) is 5. The number of benzene rings is 1. The molecule has 0 saturated carbocycles. The fourth-order valence-electron chi connectivity index (χ4n) is 2.09. The van der Waals surface area contributed by atoms with Crippen LogP contribution in [0.1, 0.15) is 31.9 Å². The lowest BCUT2D eigenvalue weighted by molar-refractivity contribution is -0.121. The van der Waals surface area contributed by atoms with Gasteiger partial charge in [0.05, 0.1) is 17.2 Å². The van der Waals surface area contributed by atoms with Crippen molar-refractivity contribution in [3.05, 3.63) is 42.2 Å². The Morgan fingerprint density at radius 1 is 1.38 bits per heavy atom. The number of carbonyl (C=O) groups excluding carboxylic acids is 1. The summed E-state index contributed by atoms with van der Waals surface area (Å²) in [6.07, 6.45) is 3.82. The van der Waals surface area contributed by atoms with E-state index in [0.717, 1.165) is 29.0 Å². The summed E-state index contributed by atoms with van der Waals surface area (Å²) in [6, 6.07) is 11.5. The minimum Gasteiger partial charge on any atom is -0.448 e. The van der Waals surface area contributed by atoms with E-state index in [1.54, 1.807) is 6.07 Å². The number of para-hydroxylation sites is 2. The molecule has 6 nitrogen and oxygen atoms in total. The lowest BCUT2D eigenvalue weighted by Crippen LogP contribution is -2.16. The zero-order chi connectivity index (χ0) is 16.8. The summed E-state index contributed by atoms with van der Waals surface area (Å²) in [6.45, 7) is 2.04. The van der Waals surface area contributed by atoms with Crippen LogP contribution in [0.4, 0.5) is 0 Å². The van der Waals surface area contributed by atoms with Gasteiger partial charge in [-0.05, 0) is 42.4 Å². The number of amides is 1. The van der Waals surface area contributed by atoms with Gasteiger partial charge in [-0.1, -0.05) is 25.5 Å². The molecule has 24 heavy (non-hydrogen) atoms. The highest BCUT2D eigenvalue weighted by molar-refractivity contribution is 7.99. The molecule has 0 fully saturated rings. The number of aromatic nitrogens is 2. The Hall–Kier alpha value is -2.54. The van der Waals surface area contributed by atoms with E-state index < -0.39 is 0 Å². The van der Waals surface area contributed by atoms with Gasteiger partial charge in [-0.2, -0.15) is 5.10 Å². The van der Waals surface area contributed by atoms with Crippen molar-refractivity contribution < 1.29 is 9.21 Å². The molecule has 1 amide bonds. The van der Waals surface area contributed by atoms with Gasteiger partial charge in [0, 0.05) is 6.42 Å². The van der Waals surface area contributed by atoms with E-state index in [1.807, 2.05) is 37.3 Å². The molecule has 0 unspecified atom stereocenters. The fourth-order valence-corrected chi connectivity index (χ4v) is 2.86. The second kappa shape index (κ2) is 7.83. The van der Waals surface area contributed by atoms with Crippen molar-refractivity contribution >= 4 is 34.9 Å². The third-order valence-electron chi connectivity index (χ3n) is 3.31. The van der Waals surface area contributed by atoms with E-state index in [-0.39, 0.29) is 5.91 Å². The monoisotopic (exact) mass is 342 g/mol. The van der Waals surface area contributed by atoms with Gasteiger partial charge in [0.25, 0.3) is 0 Å². The summed E-state index contributed by atoms with van der Waals surface area (Å²) in [5.74, 6) is 0.487. The van der Waals surface area contributed by atoms with Crippen molar-refractivity contribution in [1.29, 1.82) is 0 Å². The van der Waals surface area contributed by atoms with Gasteiger partial charge in [0.15, 0.2) is 10.2 Å². The van der Waals surface area contributed by atoms with E-state index in [0.29, 0.717) is 17.3 Å². The first kappa shape index (κ1) is 16.3. The molecule has 0 saturated heterocycles. The lowest BCUT2D eigenvalue weighted by atomic mass is 10.2. The van der Waals surface area contributed by atoms with Crippen molar-refractivity contribution in [3.63, 3.8) is 0 Å². The average molecular weight is 342 g/mol. The van der Waals surface area contributed by atoms with Gasteiger partial charge in [0.1, 0.15) is 5.76 Å². The van der Waals surface area contributed by atoms with Gasteiger partial charge < -0.3 is 9.40 Å². The standard InChI is InChI=1S/C17H18N4O2S/c1-2-3-8-15(22)21-18-11-12-9-10-16(23-12)24-17-19-13-6-4-5-7-14(13)20-17/h4-7,9-11H,2-3,8H2,1H3,(H,19,20)(H,21,22)/b18-11-. The smallest absolute Gasteiger partial charge is 0.240 e. The summed E-state index contributed by atoms with van der Waals surface area (Å²) in [4.78, 5) is 19.2. The predicted molar refractivity (Wildman–Crippen MR) is 94.2 cm³/mol. The third kappa shape index (κ3) is 4.26. The maximum Gasteiger partial charge on any atom is 0.240 e. The average Bonchev–Trinajstić information content (AvgIpc) is 3.19. The molecule has 0 spiro atoms. The van der Waals surface area contributed by atoms with Crippen LogP contribution in [-0.2, 0) is 4.79 Å². The Balaban J connectivity index is 1.58. The van der Waals surface area contributed by atoms with Crippen LogP contribution in [0.25, 0.3) is 11.0 Å². The van der Waals surface area contributed by atoms with Crippen LogP contribution in [-0.4, -0.2) is 22.1 Å². The normalized spacial score (nSPS) is 11.4. The number of fused-ring (bicyclic) bond motifs is 1. The molecular weight excluding hydrogens is 324 g/mol. The minimum atomic E-state index is -0.0865. The van der Waals surface area contributed by atoms with E-state index >= 15 is 0 Å². The largest absolute Gasteiger partial charge is 0.448 e. The number of hydrogen-bond donors (Lipinski definition) is 2. The van der Waals surface area contributed by atoms with Crippen LogP contribution < -0.4 is 5.43 Å². The molecule has 2 N–H and O–H groups in total. The van der Waals surface area contributed by atoms with Crippen molar-refractivity contribution in [2.24, 2.45) is 5.10 Å². The number of imidazole rings is 1. The quantitative estimate of drug-likeness (QED) is 0.503. The Labute approximate surface area is 143 Å². The Morgan fingerprint density at radius 3 is 3.08 bits per heavy atom. The van der Waals surface area contributed by atoms with Gasteiger partial charge in [-0.25, -0.2) is 10.4 Å². The van der Waals surface area contributed by atoms with Crippen LogP contribution in [0.15, 0.2) is 56.2 Å². The summed E-state index contributed by atoms with van der Waals surface area (Å²) >= 11 is 1.40. The number of nitrogens with one attached hydrogen (secondary N) is 2. The first-order valence-electron chi connectivity index (χ1n) is 7.79. The number of hydrazone groups is 1. The molecule has 3 aromatic rings. The van der Waals surface area contributed by atoms with Crippen molar-refractivity contribution in [1.82, 2.24) is 15.4 Å². The van der Waals surface area contributed by atoms with Crippen molar-refractivity contribution in [3.8, 4) is 0 Å². The molecule has 0 bridgehead atoms. The molecule has 0 aliphatic heterocycles. The maximum absolute atomic E-state index is 11.5. The molecule has 2 heterocycles. The number of aromatic amines is 1. The van der Waals surface area contributed by atoms with E-state index in [1.165, 1.54) is 18.0 Å². The third-order valence-corrected chi connectivity index (χ3v) is 4.11. The molecule has 1 aromatic carbocycles. The number of carbonyl (C=O) groups is 1. The Bertz CT molecular complexity index is 820. The number of furan rings is 1. The molecule has 3 rings (SSSR count). The second-order valence-electron chi connectivity index (χ2n) is 5.21. The zero-order valence-electron chi connectivity index (χ0n) is 13.3. The Kier molecular flexibility index (Phi) is 5.32. The highest BCUT2D eigenvalue weighted by Crippen LogP contribution is 2.28. The first-order valence-corrected chi connectivity index (χ1v) is 8.60. The van der Waals surface area contributed by atoms with E-state index in [2.05, 4.69) is 20.5 Å². The van der Waals surface area contributed by atoms with Crippen LogP contribution in [0.3, 0.4) is 0 Å². The molecule has 7 heteroatoms. The van der Waals surface area contributed by atoms with E-state index in [9.17, 15) is 4.79 Å². The highest BCUT2D eigenvalue weighted by atomic mass is 32.2. The minimum absolute atomic E-state index is 0.0865.